The van der Waals surface area contributed by atoms with Crippen molar-refractivity contribution < 1.29 is 48.1 Å². The number of esters is 3. The summed E-state index contributed by atoms with van der Waals surface area (Å²) in [4.78, 5) is 49.7. The highest BCUT2D eigenvalue weighted by molar-refractivity contribution is 5.90. The van der Waals surface area contributed by atoms with Gasteiger partial charge in [0, 0.05) is 12.1 Å². The van der Waals surface area contributed by atoms with Gasteiger partial charge in [-0.25, -0.2) is 14.4 Å². The largest absolute Gasteiger partial charge is 0.483 e. The van der Waals surface area contributed by atoms with Gasteiger partial charge < -0.3 is 28.8 Å². The van der Waals surface area contributed by atoms with Crippen molar-refractivity contribution in [1.82, 2.24) is 0 Å². The second-order valence-corrected chi connectivity index (χ2v) is 9.83. The summed E-state index contributed by atoms with van der Waals surface area (Å²) in [5.74, 6) is -2.27. The van der Waals surface area contributed by atoms with Crippen LogP contribution in [-0.4, -0.2) is 65.3 Å². The summed E-state index contributed by atoms with van der Waals surface area (Å²) in [7, 11) is 0. The van der Waals surface area contributed by atoms with Crippen molar-refractivity contribution in [2.75, 3.05) is 6.61 Å². The quantitative estimate of drug-likeness (QED) is 0.117. The lowest BCUT2D eigenvalue weighted by atomic mass is 9.97. The van der Waals surface area contributed by atoms with Crippen LogP contribution in [0.5, 0.6) is 5.75 Å². The van der Waals surface area contributed by atoms with Crippen molar-refractivity contribution in [2.45, 2.75) is 30.7 Å². The first-order valence-corrected chi connectivity index (χ1v) is 13.8. The van der Waals surface area contributed by atoms with Gasteiger partial charge in [0.2, 0.25) is 0 Å². The molecule has 1 aliphatic heterocycles. The van der Waals surface area contributed by atoms with Crippen LogP contribution in [0.2, 0.25) is 0 Å². The third kappa shape index (κ3) is 7.68. The number of ether oxygens (including phenoxy) is 5. The van der Waals surface area contributed by atoms with Crippen LogP contribution in [0.15, 0.2) is 115 Å². The Kier molecular flexibility index (Phi) is 9.77. The van der Waals surface area contributed by atoms with Gasteiger partial charge in [0.15, 0.2) is 24.6 Å². The highest BCUT2D eigenvalue weighted by atomic mass is 16.7. The lowest BCUT2D eigenvalue weighted by molar-refractivity contribution is -0.384. The van der Waals surface area contributed by atoms with Crippen LogP contribution in [0.1, 0.15) is 31.1 Å². The molecule has 1 N–H and O–H groups in total. The summed E-state index contributed by atoms with van der Waals surface area (Å²) in [5, 5.41) is 22.3. The fourth-order valence-corrected chi connectivity index (χ4v) is 4.58. The predicted octanol–water partition coefficient (Wildman–Crippen LogP) is 4.37. The first-order valence-electron chi connectivity index (χ1n) is 13.8. The summed E-state index contributed by atoms with van der Waals surface area (Å²) in [6.07, 6.45) is -7.56. The normalized spacial score (nSPS) is 20.8. The first-order chi connectivity index (χ1) is 21.8. The molecule has 4 aromatic carbocycles. The van der Waals surface area contributed by atoms with Crippen molar-refractivity contribution in [2.24, 2.45) is 0 Å². The zero-order valence-electron chi connectivity index (χ0n) is 23.5. The van der Waals surface area contributed by atoms with Crippen molar-refractivity contribution in [1.29, 1.82) is 0 Å². The lowest BCUT2D eigenvalue weighted by Gasteiger charge is -2.43. The number of aliphatic hydroxyl groups excluding tert-OH is 1. The van der Waals surface area contributed by atoms with Gasteiger partial charge in [0.1, 0.15) is 18.5 Å². The summed E-state index contributed by atoms with van der Waals surface area (Å²) in [6.45, 7) is -0.471. The second-order valence-electron chi connectivity index (χ2n) is 9.83. The summed E-state index contributed by atoms with van der Waals surface area (Å²) in [5.41, 5.74) is 0.369. The van der Waals surface area contributed by atoms with Crippen LogP contribution in [0.3, 0.4) is 0 Å². The highest BCUT2D eigenvalue weighted by Gasteiger charge is 2.52. The molecule has 0 bridgehead atoms. The molecule has 0 aromatic heterocycles. The standard InChI is InChI=1S/C33H27NO11/c35-30(21-10-4-1-5-11-21)41-20-26-27(42-25-18-16-24(17-19-25)34(39)40)28(44-31(36)22-12-6-2-7-13-22)29(33(38)43-26)45-32(37)23-14-8-3-9-15-23/h1-19,26-29,33,38H,20H2/t26-,27+,28+,29-,33+/m1/s1. The van der Waals surface area contributed by atoms with E-state index in [9.17, 15) is 29.6 Å². The SMILES string of the molecule is O=C(OC[C@H]1O[C@H](O)[C@H](OC(=O)c2ccccc2)[C@@H](OC(=O)c2ccccc2)[C@H]1Oc1ccc([N+](=O)[O-])cc1)c1ccccc1. The first kappa shape index (κ1) is 30.9. The van der Waals surface area contributed by atoms with Gasteiger partial charge in [-0.2, -0.15) is 0 Å². The van der Waals surface area contributed by atoms with E-state index in [1.807, 2.05) is 0 Å². The number of hydrogen-bond donors (Lipinski definition) is 1. The molecular weight excluding hydrogens is 586 g/mol. The Morgan fingerprint density at radius 3 is 1.62 bits per heavy atom. The number of non-ortho nitro benzene ring substituents is 1. The van der Waals surface area contributed by atoms with E-state index in [1.54, 1.807) is 66.7 Å². The molecule has 0 spiro atoms. The maximum atomic E-state index is 13.3. The Morgan fingerprint density at radius 2 is 1.13 bits per heavy atom. The van der Waals surface area contributed by atoms with Crippen molar-refractivity contribution >= 4 is 23.6 Å². The number of carbonyl (C=O) groups is 3. The van der Waals surface area contributed by atoms with E-state index in [-0.39, 0.29) is 28.1 Å². The fourth-order valence-electron chi connectivity index (χ4n) is 4.58. The summed E-state index contributed by atoms with van der Waals surface area (Å²) in [6, 6.07) is 29.1. The number of rotatable bonds is 10. The third-order valence-electron chi connectivity index (χ3n) is 6.82. The van der Waals surface area contributed by atoms with E-state index in [4.69, 9.17) is 23.7 Å². The van der Waals surface area contributed by atoms with Gasteiger partial charge in [-0.1, -0.05) is 54.6 Å². The van der Waals surface area contributed by atoms with E-state index in [1.165, 1.54) is 48.5 Å². The molecule has 12 nitrogen and oxygen atoms in total. The van der Waals surface area contributed by atoms with Gasteiger partial charge in [0.05, 0.1) is 21.6 Å². The molecule has 1 saturated heterocycles. The summed E-state index contributed by atoms with van der Waals surface area (Å²) >= 11 is 0. The van der Waals surface area contributed by atoms with Crippen LogP contribution < -0.4 is 4.74 Å². The molecule has 0 unspecified atom stereocenters. The molecule has 0 aliphatic carbocycles. The number of nitrogens with zero attached hydrogens (tertiary/aromatic N) is 1. The van der Waals surface area contributed by atoms with Gasteiger partial charge in [0.25, 0.3) is 5.69 Å². The molecule has 5 rings (SSSR count). The predicted molar refractivity (Wildman–Crippen MR) is 156 cm³/mol. The van der Waals surface area contributed by atoms with Crippen LogP contribution in [-0.2, 0) is 18.9 Å². The molecule has 0 radical (unpaired) electrons. The molecule has 4 aromatic rings. The van der Waals surface area contributed by atoms with Gasteiger partial charge >= 0.3 is 17.9 Å². The number of carbonyl (C=O) groups excluding carboxylic acids is 3. The van der Waals surface area contributed by atoms with E-state index >= 15 is 0 Å². The average molecular weight is 614 g/mol. The van der Waals surface area contributed by atoms with Gasteiger partial charge in [-0.15, -0.1) is 0 Å². The number of hydrogen-bond acceptors (Lipinski definition) is 11. The number of aliphatic hydroxyl groups is 1. The molecule has 0 saturated carbocycles. The van der Waals surface area contributed by atoms with E-state index in [2.05, 4.69) is 0 Å². The Bertz CT molecular complexity index is 1620. The van der Waals surface area contributed by atoms with Gasteiger partial charge in [-0.05, 0) is 48.5 Å². The minimum absolute atomic E-state index is 0.0962. The third-order valence-corrected chi connectivity index (χ3v) is 6.82. The van der Waals surface area contributed by atoms with Crippen LogP contribution in [0, 0.1) is 10.1 Å². The fraction of sp³-hybridized carbons (Fsp3) is 0.182. The van der Waals surface area contributed by atoms with E-state index in [0.717, 1.165) is 0 Å². The monoisotopic (exact) mass is 613 g/mol. The van der Waals surface area contributed by atoms with Gasteiger partial charge in [-0.3, -0.25) is 10.1 Å². The van der Waals surface area contributed by atoms with Crippen LogP contribution in [0.4, 0.5) is 5.69 Å². The number of benzene rings is 4. The molecule has 230 valence electrons. The Balaban J connectivity index is 1.49. The van der Waals surface area contributed by atoms with Crippen LogP contribution >= 0.6 is 0 Å². The Morgan fingerprint density at radius 1 is 0.667 bits per heavy atom. The Labute approximate surface area is 256 Å². The lowest BCUT2D eigenvalue weighted by Crippen LogP contribution is -2.63. The highest BCUT2D eigenvalue weighted by Crippen LogP contribution is 2.31. The topological polar surface area (TPSA) is 161 Å². The maximum absolute atomic E-state index is 13.3. The second kappa shape index (κ2) is 14.3. The molecule has 1 fully saturated rings. The smallest absolute Gasteiger partial charge is 0.338 e. The number of nitro benzene ring substituents is 1. The zero-order chi connectivity index (χ0) is 31.8. The van der Waals surface area contributed by atoms with E-state index < -0.39 is 60.1 Å². The minimum Gasteiger partial charge on any atom is -0.483 e. The van der Waals surface area contributed by atoms with Crippen molar-refractivity contribution in [3.63, 3.8) is 0 Å². The van der Waals surface area contributed by atoms with Crippen molar-refractivity contribution in [3.05, 3.63) is 142 Å². The molecule has 1 aliphatic rings. The molecule has 5 atom stereocenters. The number of nitro groups is 1. The molecular formula is C33H27NO11. The van der Waals surface area contributed by atoms with E-state index in [0.29, 0.717) is 0 Å². The molecule has 12 heteroatoms. The molecule has 1 heterocycles. The maximum Gasteiger partial charge on any atom is 0.338 e. The molecule has 45 heavy (non-hydrogen) atoms. The Hall–Kier alpha value is -5.59. The molecule has 0 amide bonds. The summed E-state index contributed by atoms with van der Waals surface area (Å²) < 4.78 is 28.8. The average Bonchev–Trinajstić information content (AvgIpc) is 3.07. The minimum atomic E-state index is -1.84. The van der Waals surface area contributed by atoms with Crippen molar-refractivity contribution in [3.8, 4) is 5.75 Å². The van der Waals surface area contributed by atoms with Crippen LogP contribution in [0.25, 0.3) is 0 Å². The zero-order valence-corrected chi connectivity index (χ0v) is 23.5.